The molecule has 4 aliphatic rings. The molecular weight excluding hydrogens is 1380 g/mol. The Hall–Kier alpha value is -8.97. The zero-order chi connectivity index (χ0) is 77.8. The molecule has 7 rings (SSSR count). The molecule has 3 aromatic carbocycles. The Balaban J connectivity index is 1.08. The number of hydrogen-bond donors (Lipinski definition) is 9. The number of ketones is 3. The summed E-state index contributed by atoms with van der Waals surface area (Å²) in [5.74, 6) is -8.89. The molecule has 29 nitrogen and oxygen atoms in total. The fourth-order valence-electron chi connectivity index (χ4n) is 14.4. The second-order valence-electron chi connectivity index (χ2n) is 29.8. The zero-order valence-corrected chi connectivity index (χ0v) is 62.9. The molecule has 0 spiro atoms. The highest BCUT2D eigenvalue weighted by molar-refractivity contribution is 8.00. The molecule has 1 heterocycles. The summed E-state index contributed by atoms with van der Waals surface area (Å²) in [6, 6.07) is 18.0. The molecule has 574 valence electrons. The minimum atomic E-state index is -2.33. The summed E-state index contributed by atoms with van der Waals surface area (Å²) in [6.45, 7) is 18.3. The van der Waals surface area contributed by atoms with Gasteiger partial charge in [-0.3, -0.25) is 33.6 Å². The average molecular weight is 1480 g/mol. The van der Waals surface area contributed by atoms with Gasteiger partial charge in [-0.15, -0.1) is 11.8 Å². The van der Waals surface area contributed by atoms with Gasteiger partial charge in [0.25, 0.3) is 0 Å². The number of alkyl carbamates (subject to hydrolysis) is 1. The summed E-state index contributed by atoms with van der Waals surface area (Å²) in [4.78, 5) is 167. The van der Waals surface area contributed by atoms with Crippen molar-refractivity contribution in [3.63, 3.8) is 0 Å². The maximum Gasteiger partial charge on any atom is 0.409 e. The summed E-state index contributed by atoms with van der Waals surface area (Å²) >= 11 is 1.13. The number of amides is 8. The third kappa shape index (κ3) is 19.8. The number of rotatable bonds is 30. The van der Waals surface area contributed by atoms with Crippen LogP contribution in [0.4, 0.5) is 24.9 Å². The van der Waals surface area contributed by atoms with Crippen molar-refractivity contribution in [1.29, 1.82) is 0 Å². The molecule has 1 aliphatic heterocycles. The van der Waals surface area contributed by atoms with Crippen molar-refractivity contribution in [1.82, 2.24) is 31.1 Å². The van der Waals surface area contributed by atoms with Crippen LogP contribution in [0.1, 0.15) is 143 Å². The predicted octanol–water partition coefficient (Wildman–Crippen LogP) is 6.24. The number of nitrogens with one attached hydrogen (secondary N) is 5. The van der Waals surface area contributed by atoms with Crippen LogP contribution in [0.5, 0.6) is 0 Å². The lowest BCUT2D eigenvalue weighted by Crippen LogP contribution is -2.80. The molecule has 2 saturated carbocycles. The minimum absolute atomic E-state index is 0.0199. The molecular formula is C75H102N8O21S. The monoisotopic (exact) mass is 1480 g/mol. The quantitative estimate of drug-likeness (QED) is 0.0117. The molecule has 1 saturated heterocycles. The molecule has 3 aliphatic carbocycles. The number of carbonyl (C=O) groups is 12. The van der Waals surface area contributed by atoms with E-state index in [-0.39, 0.29) is 97.6 Å². The van der Waals surface area contributed by atoms with Crippen LogP contribution in [0.25, 0.3) is 0 Å². The van der Waals surface area contributed by atoms with Crippen LogP contribution in [0, 0.1) is 34.5 Å². The molecule has 30 heteroatoms. The molecule has 2 bridgehead atoms. The fourth-order valence-corrected chi connectivity index (χ4v) is 15.3. The molecule has 8 amide bonds. The number of carbonyl (C=O) groups excluding carboxylic acids is 12. The lowest BCUT2D eigenvalue weighted by molar-refractivity contribution is -0.339. The van der Waals surface area contributed by atoms with Crippen LogP contribution in [0.2, 0.25) is 0 Å². The first kappa shape index (κ1) is 83.3. The van der Waals surface area contributed by atoms with Crippen LogP contribution in [0.3, 0.4) is 0 Å². The first-order chi connectivity index (χ1) is 49.2. The normalized spacial score (nSPS) is 24.2. The van der Waals surface area contributed by atoms with Crippen LogP contribution in [0.15, 0.2) is 96.1 Å². The number of likely N-dealkylation sites (N-methyl/N-ethyl adjacent to an activating group) is 2. The summed E-state index contributed by atoms with van der Waals surface area (Å²) in [5, 5.41) is 52.2. The Bertz CT molecular complexity index is 3720. The van der Waals surface area contributed by atoms with Gasteiger partial charge in [-0.25, -0.2) is 24.0 Å². The molecule has 3 aromatic rings. The highest BCUT2D eigenvalue weighted by Gasteiger charge is 2.77. The van der Waals surface area contributed by atoms with E-state index in [1.165, 1.54) is 32.8 Å². The lowest BCUT2D eigenvalue weighted by atomic mass is 9.41. The van der Waals surface area contributed by atoms with Crippen molar-refractivity contribution in [3.8, 4) is 0 Å². The molecule has 10 N–H and O–H groups in total. The third-order valence-corrected chi connectivity index (χ3v) is 21.2. The zero-order valence-electron chi connectivity index (χ0n) is 62.1. The molecule has 3 fully saturated rings. The van der Waals surface area contributed by atoms with Gasteiger partial charge in [0.05, 0.1) is 35.2 Å². The Morgan fingerprint density at radius 3 is 2.00 bits per heavy atom. The van der Waals surface area contributed by atoms with Crippen LogP contribution < -0.4 is 32.3 Å². The summed E-state index contributed by atoms with van der Waals surface area (Å²) < 4.78 is 36.1. The topological polar surface area (TPSA) is 414 Å². The van der Waals surface area contributed by atoms with E-state index in [1.54, 1.807) is 147 Å². The number of benzene rings is 3. The van der Waals surface area contributed by atoms with Crippen LogP contribution in [-0.2, 0) is 68.6 Å². The first-order valence-corrected chi connectivity index (χ1v) is 36.2. The number of urea groups is 1. The fraction of sp³-hybridized carbons (Fsp3) is 0.573. The van der Waals surface area contributed by atoms with E-state index in [9.17, 15) is 68.1 Å². The van der Waals surface area contributed by atoms with Gasteiger partial charge in [-0.05, 0) is 87.8 Å². The summed E-state index contributed by atoms with van der Waals surface area (Å²) in [7, 11) is 2.80. The van der Waals surface area contributed by atoms with E-state index >= 15 is 4.79 Å². The van der Waals surface area contributed by atoms with E-state index < -0.39 is 172 Å². The maximum atomic E-state index is 16.1. The highest BCUT2D eigenvalue weighted by atomic mass is 32.2. The number of primary amides is 1. The van der Waals surface area contributed by atoms with Crippen molar-refractivity contribution in [2.75, 3.05) is 57.2 Å². The highest BCUT2D eigenvalue weighted by Crippen LogP contribution is 2.67. The van der Waals surface area contributed by atoms with E-state index in [2.05, 4.69) is 26.6 Å². The number of ether oxygens (including phenoxy) is 6. The van der Waals surface area contributed by atoms with E-state index in [0.717, 1.165) is 23.6 Å². The van der Waals surface area contributed by atoms with Gasteiger partial charge in [0.15, 0.2) is 23.3 Å². The Morgan fingerprint density at radius 2 is 1.43 bits per heavy atom. The van der Waals surface area contributed by atoms with Gasteiger partial charge < -0.3 is 85.9 Å². The van der Waals surface area contributed by atoms with E-state index in [1.807, 2.05) is 0 Å². The second-order valence-corrected chi connectivity index (χ2v) is 30.8. The predicted molar refractivity (Wildman–Crippen MR) is 384 cm³/mol. The number of esters is 2. The van der Waals surface area contributed by atoms with Crippen molar-refractivity contribution in [2.24, 2.45) is 40.2 Å². The van der Waals surface area contributed by atoms with Crippen molar-refractivity contribution < 1.29 is 101 Å². The van der Waals surface area contributed by atoms with Gasteiger partial charge in [0.2, 0.25) is 17.7 Å². The molecule has 0 aromatic heterocycles. The van der Waals surface area contributed by atoms with E-state index in [0.29, 0.717) is 11.3 Å². The van der Waals surface area contributed by atoms with Crippen LogP contribution in [-0.4, -0.2) is 208 Å². The van der Waals surface area contributed by atoms with Gasteiger partial charge in [0, 0.05) is 94.3 Å². The largest absolute Gasteiger partial charge is 0.456 e. The van der Waals surface area contributed by atoms with Gasteiger partial charge in [-0.1, -0.05) is 114 Å². The third-order valence-electron chi connectivity index (χ3n) is 20.2. The maximum absolute atomic E-state index is 16.1. The molecule has 0 unspecified atom stereocenters. The SMILES string of the molecule is CC(=O)O[C@@]12CO[C@@H]1C[C@H](OC(=O)N(C)CCN(C)C(=O)OCc1ccc(NC(=O)[C@H](CCCNC(N)=O)NC(=O)[C@@H](NC(=O)CSCC(=O)C(C)C)C(C)C)cc1)[C@@]1(C)C(=O)[C@H](O)C3=C(C)[C@@H](OC(=O)[C@H](O)[C@@H](NC(=O)OC(C)(C)C)c4ccccc4)C[C@@](O)([C@@H](CC(=O)c4ccccc4)[C@H]21)C3(C)C. The minimum Gasteiger partial charge on any atom is -0.456 e. The number of nitrogens with two attached hydrogens (primary N) is 1. The number of hydrogen-bond acceptors (Lipinski definition) is 22. The van der Waals surface area contributed by atoms with Crippen molar-refractivity contribution in [2.45, 2.75) is 187 Å². The number of aliphatic hydroxyl groups excluding tert-OH is 2. The van der Waals surface area contributed by atoms with Gasteiger partial charge in [-0.2, -0.15) is 0 Å². The number of nitrogens with zero attached hydrogens (tertiary/aromatic N) is 2. The standard InChI is InChI=1S/C75H102N8O21S/c1-41(2)52(86)38-105-39-56(87)80-58(42(3)4)65(92)79-50(26-21-31-77-67(76)94)64(91)78-48-29-27-45(28-30-48)37-99-69(96)82(13)32-33-83(14)70(97)102-54-35-55-74(40-100-55,103-44(6)84)62-49(34-51(85)46-22-17-15-18-23-46)75(98)36-53(43(5)57(72(75,10)11)60(88)63(90)73(54,62)12)101-66(93)61(89)59(47-24-19-16-20-25-47)81-68(95)104-71(7,8)9/h15-20,22-25,27-30,41-42,49-50,53-55,58-62,88-89,98H,21,26,31-40H2,1-14H3,(H,78,91)(H,79,92)(H,80,87)(H,81,95)(H3,76,77,94)/t49-,50-,53-,54-,55+,58-,59-,60+,61+,62-,73+,74-,75+/m0/s1. The number of fused-ring (bicyclic) bond motifs is 5. The van der Waals surface area contributed by atoms with Crippen molar-refractivity contribution in [3.05, 3.63) is 113 Å². The van der Waals surface area contributed by atoms with Gasteiger partial charge in [0.1, 0.15) is 54.5 Å². The molecule has 13 atom stereocenters. The van der Waals surface area contributed by atoms with Gasteiger partial charge >= 0.3 is 36.2 Å². The Morgan fingerprint density at radius 1 is 0.810 bits per heavy atom. The average Bonchev–Trinajstić information content (AvgIpc) is 0.668. The van der Waals surface area contributed by atoms with Crippen LogP contribution >= 0.6 is 11.8 Å². The number of anilines is 1. The molecule has 105 heavy (non-hydrogen) atoms. The number of aliphatic hydroxyl groups is 3. The number of thioether (sulfide) groups is 1. The molecule has 0 radical (unpaired) electrons. The van der Waals surface area contributed by atoms with E-state index in [4.69, 9.17) is 34.2 Å². The number of Topliss-reactive ketones (excluding diaryl/α,β-unsaturated/α-hetero) is 3. The second kappa shape index (κ2) is 35.0. The Labute approximate surface area is 615 Å². The smallest absolute Gasteiger partial charge is 0.409 e. The first-order valence-electron chi connectivity index (χ1n) is 35.1. The summed E-state index contributed by atoms with van der Waals surface area (Å²) in [5.41, 5.74) is -2.44. The lowest BCUT2D eigenvalue weighted by Gasteiger charge is -2.68. The van der Waals surface area contributed by atoms with Crippen molar-refractivity contribution >= 4 is 88.8 Å². The summed E-state index contributed by atoms with van der Waals surface area (Å²) in [6.07, 6.45) is -12.4. The Kier molecular flexibility index (Phi) is 27.7.